The number of aryl methyl sites for hydroxylation is 1. The van der Waals surface area contributed by atoms with Crippen molar-refractivity contribution in [3.63, 3.8) is 0 Å². The van der Waals surface area contributed by atoms with Gasteiger partial charge < -0.3 is 10.5 Å². The van der Waals surface area contributed by atoms with Crippen molar-refractivity contribution in [1.82, 2.24) is 9.97 Å². The van der Waals surface area contributed by atoms with E-state index in [-0.39, 0.29) is 4.99 Å². The van der Waals surface area contributed by atoms with E-state index in [0.717, 1.165) is 6.42 Å². The third kappa shape index (κ3) is 4.65. The van der Waals surface area contributed by atoms with Gasteiger partial charge in [-0.05, 0) is 13.3 Å². The Hall–Kier alpha value is -1.23. The fraction of sp³-hybridized carbons (Fsp3) is 0.583. The van der Waals surface area contributed by atoms with Crippen molar-refractivity contribution in [2.24, 2.45) is 5.73 Å². The molecule has 0 bridgehead atoms. The molecule has 0 aromatic carbocycles. The minimum Gasteiger partial charge on any atom is -0.477 e. The van der Waals surface area contributed by atoms with Gasteiger partial charge in [0.15, 0.2) is 0 Å². The third-order valence-corrected chi connectivity index (χ3v) is 2.60. The van der Waals surface area contributed by atoms with Crippen molar-refractivity contribution in [3.8, 4) is 5.88 Å². The molecule has 2 N–H and O–H groups in total. The minimum absolute atomic E-state index is 0.272. The lowest BCUT2D eigenvalue weighted by Crippen LogP contribution is -2.14. The van der Waals surface area contributed by atoms with Crippen LogP contribution in [0.2, 0.25) is 0 Å². The van der Waals surface area contributed by atoms with Crippen LogP contribution in [0.3, 0.4) is 0 Å². The van der Waals surface area contributed by atoms with Crippen molar-refractivity contribution in [2.75, 3.05) is 6.61 Å². The number of hydrogen-bond acceptors (Lipinski definition) is 4. The summed E-state index contributed by atoms with van der Waals surface area (Å²) in [5.74, 6) is 1.16. The number of nitrogens with zero attached hydrogens (tertiary/aromatic N) is 2. The van der Waals surface area contributed by atoms with Gasteiger partial charge in [-0.1, -0.05) is 38.4 Å². The Labute approximate surface area is 108 Å². The molecule has 5 heteroatoms. The highest BCUT2D eigenvalue weighted by Crippen LogP contribution is 2.15. The molecule has 1 rings (SSSR count). The first kappa shape index (κ1) is 13.8. The van der Waals surface area contributed by atoms with Crippen LogP contribution in [0.4, 0.5) is 0 Å². The number of rotatable bonds is 7. The van der Waals surface area contributed by atoms with E-state index in [1.54, 1.807) is 6.20 Å². The van der Waals surface area contributed by atoms with Gasteiger partial charge in [0.1, 0.15) is 10.8 Å². The average molecular weight is 253 g/mol. The van der Waals surface area contributed by atoms with Crippen molar-refractivity contribution in [1.29, 1.82) is 0 Å². The zero-order valence-electron chi connectivity index (χ0n) is 10.4. The Balaban J connectivity index is 2.56. The largest absolute Gasteiger partial charge is 0.477 e. The second-order valence-corrected chi connectivity index (χ2v) is 4.35. The summed E-state index contributed by atoms with van der Waals surface area (Å²) in [5, 5.41) is 0. The molecule has 0 radical (unpaired) electrons. The number of aromatic nitrogens is 2. The highest BCUT2D eigenvalue weighted by molar-refractivity contribution is 7.80. The lowest BCUT2D eigenvalue weighted by molar-refractivity contribution is 0.292. The summed E-state index contributed by atoms with van der Waals surface area (Å²) in [5.41, 5.74) is 6.20. The van der Waals surface area contributed by atoms with Gasteiger partial charge in [0, 0.05) is 6.20 Å². The van der Waals surface area contributed by atoms with Crippen LogP contribution in [0.5, 0.6) is 5.88 Å². The lowest BCUT2D eigenvalue weighted by atomic mass is 10.2. The van der Waals surface area contributed by atoms with Gasteiger partial charge in [0.25, 0.3) is 0 Å². The van der Waals surface area contributed by atoms with Crippen LogP contribution in [0.25, 0.3) is 0 Å². The summed E-state index contributed by atoms with van der Waals surface area (Å²) in [7, 11) is 0. The smallest absolute Gasteiger partial charge is 0.227 e. The predicted octanol–water partition coefficient (Wildman–Crippen LogP) is 2.38. The Morgan fingerprint density at radius 3 is 2.82 bits per heavy atom. The molecule has 0 unspecified atom stereocenters. The van der Waals surface area contributed by atoms with Gasteiger partial charge in [0.05, 0.1) is 12.2 Å². The van der Waals surface area contributed by atoms with E-state index in [4.69, 9.17) is 22.7 Å². The number of hydrogen-bond donors (Lipinski definition) is 1. The highest BCUT2D eigenvalue weighted by Gasteiger charge is 2.09. The second kappa shape index (κ2) is 7.17. The normalized spacial score (nSPS) is 10.2. The van der Waals surface area contributed by atoms with Crippen LogP contribution < -0.4 is 10.5 Å². The Bertz CT molecular complexity index is 382. The number of nitrogens with two attached hydrogens (primary N) is 1. The molecule has 0 aliphatic rings. The first-order valence-electron chi connectivity index (χ1n) is 5.91. The molecule has 0 saturated carbocycles. The molecule has 0 saturated heterocycles. The van der Waals surface area contributed by atoms with Gasteiger partial charge in [-0.2, -0.15) is 4.98 Å². The molecule has 0 aliphatic heterocycles. The van der Waals surface area contributed by atoms with Crippen molar-refractivity contribution in [3.05, 3.63) is 17.6 Å². The van der Waals surface area contributed by atoms with Crippen LogP contribution in [-0.4, -0.2) is 21.6 Å². The van der Waals surface area contributed by atoms with E-state index in [1.165, 1.54) is 19.3 Å². The first-order chi connectivity index (χ1) is 8.15. The lowest BCUT2D eigenvalue weighted by Gasteiger charge is -2.09. The van der Waals surface area contributed by atoms with Crippen LogP contribution in [0.1, 0.15) is 44.0 Å². The molecule has 1 aromatic rings. The molecule has 17 heavy (non-hydrogen) atoms. The molecule has 0 atom stereocenters. The monoisotopic (exact) mass is 253 g/mol. The first-order valence-corrected chi connectivity index (χ1v) is 6.32. The Kier molecular flexibility index (Phi) is 5.83. The van der Waals surface area contributed by atoms with E-state index < -0.39 is 0 Å². The molecule has 0 aliphatic carbocycles. The fourth-order valence-corrected chi connectivity index (χ4v) is 1.57. The van der Waals surface area contributed by atoms with Gasteiger partial charge in [-0.3, -0.25) is 0 Å². The standard InChI is InChI=1S/C12H19N3OS/c1-3-4-5-6-7-16-12-10(11(13)17)8-14-9(2)15-12/h8H,3-7H2,1-2H3,(H2,13,17). The third-order valence-electron chi connectivity index (χ3n) is 2.38. The van der Waals surface area contributed by atoms with Gasteiger partial charge in [0.2, 0.25) is 5.88 Å². The van der Waals surface area contributed by atoms with E-state index in [9.17, 15) is 0 Å². The maximum absolute atomic E-state index is 5.61. The predicted molar refractivity (Wildman–Crippen MR) is 72.3 cm³/mol. The van der Waals surface area contributed by atoms with Gasteiger partial charge >= 0.3 is 0 Å². The van der Waals surface area contributed by atoms with Crippen LogP contribution in [0.15, 0.2) is 6.20 Å². The summed E-state index contributed by atoms with van der Waals surface area (Å²) in [6, 6.07) is 0. The molecular formula is C12H19N3OS. The molecule has 0 amide bonds. The van der Waals surface area contributed by atoms with Crippen LogP contribution in [0, 0.1) is 6.92 Å². The average Bonchev–Trinajstić information content (AvgIpc) is 2.28. The number of thiocarbonyl (C=S) groups is 1. The van der Waals surface area contributed by atoms with Crippen molar-refractivity contribution in [2.45, 2.75) is 39.5 Å². The Morgan fingerprint density at radius 2 is 2.18 bits per heavy atom. The zero-order valence-corrected chi connectivity index (χ0v) is 11.2. The molecule has 0 fully saturated rings. The summed E-state index contributed by atoms with van der Waals surface area (Å²) in [4.78, 5) is 8.54. The topological polar surface area (TPSA) is 61.0 Å². The SMILES string of the molecule is CCCCCCOc1nc(C)ncc1C(N)=S. The number of ether oxygens (including phenoxy) is 1. The molecule has 0 spiro atoms. The summed E-state index contributed by atoms with van der Waals surface area (Å²) >= 11 is 4.93. The fourth-order valence-electron chi connectivity index (χ4n) is 1.43. The quantitative estimate of drug-likeness (QED) is 0.597. The Morgan fingerprint density at radius 1 is 1.41 bits per heavy atom. The summed E-state index contributed by atoms with van der Waals surface area (Å²) in [6.45, 7) is 4.64. The molecule has 4 nitrogen and oxygen atoms in total. The van der Waals surface area contributed by atoms with Gasteiger partial charge in [-0.25, -0.2) is 4.98 Å². The van der Waals surface area contributed by atoms with E-state index in [0.29, 0.717) is 23.9 Å². The van der Waals surface area contributed by atoms with Crippen molar-refractivity contribution >= 4 is 17.2 Å². The minimum atomic E-state index is 0.272. The zero-order chi connectivity index (χ0) is 12.7. The highest BCUT2D eigenvalue weighted by atomic mass is 32.1. The molecule has 1 heterocycles. The molecule has 94 valence electrons. The van der Waals surface area contributed by atoms with E-state index in [1.807, 2.05) is 6.92 Å². The maximum Gasteiger partial charge on any atom is 0.227 e. The van der Waals surface area contributed by atoms with E-state index in [2.05, 4.69) is 16.9 Å². The number of unbranched alkanes of at least 4 members (excludes halogenated alkanes) is 3. The van der Waals surface area contributed by atoms with Crippen LogP contribution >= 0.6 is 12.2 Å². The van der Waals surface area contributed by atoms with Crippen LogP contribution in [-0.2, 0) is 0 Å². The maximum atomic E-state index is 5.61. The van der Waals surface area contributed by atoms with Crippen molar-refractivity contribution < 1.29 is 4.74 Å². The van der Waals surface area contributed by atoms with E-state index >= 15 is 0 Å². The molecular weight excluding hydrogens is 234 g/mol. The van der Waals surface area contributed by atoms with Gasteiger partial charge in [-0.15, -0.1) is 0 Å². The molecule has 1 aromatic heterocycles. The second-order valence-electron chi connectivity index (χ2n) is 3.91. The summed E-state index contributed by atoms with van der Waals surface area (Å²) < 4.78 is 5.61. The summed E-state index contributed by atoms with van der Waals surface area (Å²) in [6.07, 6.45) is 6.25.